The standard InChI is InChI=1S/C13H19N5/c1-9(13-14-6-7-15-13)17-11-4-3-5-12-10(11)8-16-18(12)2/h6-9,11,17H,3-5H2,1-2H3,(H,14,15). The lowest BCUT2D eigenvalue weighted by atomic mass is 9.92. The summed E-state index contributed by atoms with van der Waals surface area (Å²) in [5.74, 6) is 0.992. The molecule has 2 aromatic heterocycles. The van der Waals surface area contributed by atoms with E-state index in [1.807, 2.05) is 24.1 Å². The zero-order chi connectivity index (χ0) is 12.5. The molecule has 1 aliphatic carbocycles. The van der Waals surface area contributed by atoms with Crippen LogP contribution in [0, 0.1) is 0 Å². The summed E-state index contributed by atoms with van der Waals surface area (Å²) in [4.78, 5) is 7.47. The van der Waals surface area contributed by atoms with Crippen molar-refractivity contribution in [3.8, 4) is 0 Å². The van der Waals surface area contributed by atoms with Crippen molar-refractivity contribution in [3.63, 3.8) is 0 Å². The van der Waals surface area contributed by atoms with Crippen LogP contribution < -0.4 is 5.32 Å². The molecule has 2 aromatic rings. The van der Waals surface area contributed by atoms with E-state index in [2.05, 4.69) is 27.3 Å². The van der Waals surface area contributed by atoms with Gasteiger partial charge in [0, 0.05) is 36.7 Å². The van der Waals surface area contributed by atoms with Crippen LogP contribution in [0.3, 0.4) is 0 Å². The molecular formula is C13H19N5. The molecule has 0 radical (unpaired) electrons. The molecule has 96 valence electrons. The summed E-state index contributed by atoms with van der Waals surface area (Å²) in [5, 5.41) is 8.02. The van der Waals surface area contributed by atoms with Crippen LogP contribution in [0.2, 0.25) is 0 Å². The highest BCUT2D eigenvalue weighted by Gasteiger charge is 2.25. The van der Waals surface area contributed by atoms with Crippen molar-refractivity contribution in [1.82, 2.24) is 25.1 Å². The average Bonchev–Trinajstić information content (AvgIpc) is 3.00. The van der Waals surface area contributed by atoms with E-state index in [0.717, 1.165) is 12.2 Å². The Morgan fingerprint density at radius 3 is 3.22 bits per heavy atom. The van der Waals surface area contributed by atoms with E-state index in [9.17, 15) is 0 Å². The fourth-order valence-corrected chi connectivity index (χ4v) is 2.77. The summed E-state index contributed by atoms with van der Waals surface area (Å²) in [7, 11) is 2.02. The number of fused-ring (bicyclic) bond motifs is 1. The molecule has 0 spiro atoms. The van der Waals surface area contributed by atoms with Crippen molar-refractivity contribution in [2.45, 2.75) is 38.3 Å². The molecule has 2 heterocycles. The van der Waals surface area contributed by atoms with Gasteiger partial charge in [-0.05, 0) is 26.2 Å². The van der Waals surface area contributed by atoms with Gasteiger partial charge < -0.3 is 10.3 Å². The Kier molecular flexibility index (Phi) is 2.91. The predicted molar refractivity (Wildman–Crippen MR) is 69.0 cm³/mol. The molecule has 18 heavy (non-hydrogen) atoms. The van der Waals surface area contributed by atoms with Gasteiger partial charge in [-0.15, -0.1) is 0 Å². The van der Waals surface area contributed by atoms with Gasteiger partial charge in [-0.2, -0.15) is 5.10 Å². The largest absolute Gasteiger partial charge is 0.347 e. The SMILES string of the molecule is CC(NC1CCCc2c1cnn2C)c1ncc[nH]1. The quantitative estimate of drug-likeness (QED) is 0.868. The monoisotopic (exact) mass is 245 g/mol. The zero-order valence-corrected chi connectivity index (χ0v) is 10.8. The maximum atomic E-state index is 4.37. The van der Waals surface area contributed by atoms with Crippen LogP contribution in [0.1, 0.15) is 48.9 Å². The molecule has 0 amide bonds. The van der Waals surface area contributed by atoms with Gasteiger partial charge in [-0.1, -0.05) is 0 Å². The third-order valence-corrected chi connectivity index (χ3v) is 3.76. The minimum absolute atomic E-state index is 0.233. The number of H-pyrrole nitrogens is 1. The van der Waals surface area contributed by atoms with E-state index >= 15 is 0 Å². The van der Waals surface area contributed by atoms with Crippen molar-refractivity contribution in [2.24, 2.45) is 7.05 Å². The van der Waals surface area contributed by atoms with Crippen LogP contribution in [0.4, 0.5) is 0 Å². The predicted octanol–water partition coefficient (Wildman–Crippen LogP) is 1.87. The van der Waals surface area contributed by atoms with Gasteiger partial charge in [-0.25, -0.2) is 4.98 Å². The summed E-state index contributed by atoms with van der Waals surface area (Å²) in [6, 6.07) is 0.624. The Hall–Kier alpha value is -1.62. The van der Waals surface area contributed by atoms with Crippen molar-refractivity contribution >= 4 is 0 Å². The first-order valence-electron chi connectivity index (χ1n) is 6.52. The Labute approximate surface area is 107 Å². The maximum Gasteiger partial charge on any atom is 0.122 e. The van der Waals surface area contributed by atoms with E-state index in [0.29, 0.717) is 6.04 Å². The molecule has 5 nitrogen and oxygen atoms in total. The molecule has 2 unspecified atom stereocenters. The summed E-state index contributed by atoms with van der Waals surface area (Å²) < 4.78 is 2.00. The fourth-order valence-electron chi connectivity index (χ4n) is 2.77. The van der Waals surface area contributed by atoms with Crippen molar-refractivity contribution in [2.75, 3.05) is 0 Å². The number of rotatable bonds is 3. The molecule has 2 N–H and O–H groups in total. The maximum absolute atomic E-state index is 4.37. The van der Waals surface area contributed by atoms with Crippen LogP contribution in [-0.2, 0) is 13.5 Å². The van der Waals surface area contributed by atoms with Crippen molar-refractivity contribution < 1.29 is 0 Å². The fraction of sp³-hybridized carbons (Fsp3) is 0.538. The summed E-state index contributed by atoms with van der Waals surface area (Å²) in [6.07, 6.45) is 9.19. The molecule has 1 aliphatic rings. The Bertz CT molecular complexity index is 513. The number of nitrogens with zero attached hydrogens (tertiary/aromatic N) is 3. The number of imidazole rings is 1. The second-order valence-electron chi connectivity index (χ2n) is 4.98. The van der Waals surface area contributed by atoms with E-state index in [1.54, 1.807) is 6.20 Å². The summed E-state index contributed by atoms with van der Waals surface area (Å²) >= 11 is 0. The summed E-state index contributed by atoms with van der Waals surface area (Å²) in [6.45, 7) is 2.14. The minimum Gasteiger partial charge on any atom is -0.347 e. The first-order chi connectivity index (χ1) is 8.75. The number of hydrogen-bond donors (Lipinski definition) is 2. The second kappa shape index (κ2) is 4.57. The highest BCUT2D eigenvalue weighted by atomic mass is 15.3. The Morgan fingerprint density at radius 2 is 2.44 bits per heavy atom. The molecule has 3 rings (SSSR count). The molecule has 0 bridgehead atoms. The Balaban J connectivity index is 1.78. The first-order valence-corrected chi connectivity index (χ1v) is 6.52. The lowest BCUT2D eigenvalue weighted by Gasteiger charge is -2.26. The lowest BCUT2D eigenvalue weighted by molar-refractivity contribution is 0.403. The third-order valence-electron chi connectivity index (χ3n) is 3.76. The topological polar surface area (TPSA) is 58.5 Å². The number of nitrogens with one attached hydrogen (secondary N) is 2. The number of aromatic nitrogens is 4. The van der Waals surface area contributed by atoms with E-state index in [-0.39, 0.29) is 6.04 Å². The zero-order valence-electron chi connectivity index (χ0n) is 10.8. The van der Waals surface area contributed by atoms with E-state index in [4.69, 9.17) is 0 Å². The second-order valence-corrected chi connectivity index (χ2v) is 4.98. The van der Waals surface area contributed by atoms with Crippen LogP contribution in [0.5, 0.6) is 0 Å². The van der Waals surface area contributed by atoms with Gasteiger partial charge in [0.25, 0.3) is 0 Å². The van der Waals surface area contributed by atoms with Crippen molar-refractivity contribution in [1.29, 1.82) is 0 Å². The van der Waals surface area contributed by atoms with Gasteiger partial charge in [-0.3, -0.25) is 4.68 Å². The van der Waals surface area contributed by atoms with Gasteiger partial charge in [0.05, 0.1) is 12.2 Å². The highest BCUT2D eigenvalue weighted by molar-refractivity contribution is 5.25. The Morgan fingerprint density at radius 1 is 1.56 bits per heavy atom. The normalized spacial score (nSPS) is 20.7. The van der Waals surface area contributed by atoms with Gasteiger partial charge in [0.15, 0.2) is 0 Å². The average molecular weight is 245 g/mol. The third kappa shape index (κ3) is 1.95. The molecule has 0 saturated heterocycles. The van der Waals surface area contributed by atoms with E-state index < -0.39 is 0 Å². The molecular weight excluding hydrogens is 226 g/mol. The smallest absolute Gasteiger partial charge is 0.122 e. The highest BCUT2D eigenvalue weighted by Crippen LogP contribution is 2.30. The van der Waals surface area contributed by atoms with Crippen LogP contribution in [-0.4, -0.2) is 19.7 Å². The van der Waals surface area contributed by atoms with Crippen LogP contribution in [0.15, 0.2) is 18.6 Å². The van der Waals surface area contributed by atoms with Crippen LogP contribution >= 0.6 is 0 Å². The van der Waals surface area contributed by atoms with E-state index in [1.165, 1.54) is 24.1 Å². The number of aryl methyl sites for hydroxylation is 1. The summed E-state index contributed by atoms with van der Waals surface area (Å²) in [5.41, 5.74) is 2.72. The molecule has 0 saturated carbocycles. The molecule has 0 aromatic carbocycles. The molecule has 2 atom stereocenters. The molecule has 0 fully saturated rings. The number of aromatic amines is 1. The molecule has 5 heteroatoms. The van der Waals surface area contributed by atoms with Gasteiger partial charge >= 0.3 is 0 Å². The first kappa shape index (κ1) is 11.5. The van der Waals surface area contributed by atoms with Gasteiger partial charge in [0.1, 0.15) is 5.82 Å². The van der Waals surface area contributed by atoms with Crippen LogP contribution in [0.25, 0.3) is 0 Å². The lowest BCUT2D eigenvalue weighted by Crippen LogP contribution is -2.28. The molecule has 0 aliphatic heterocycles. The van der Waals surface area contributed by atoms with Gasteiger partial charge in [0.2, 0.25) is 0 Å². The minimum atomic E-state index is 0.233. The van der Waals surface area contributed by atoms with Crippen molar-refractivity contribution in [3.05, 3.63) is 35.7 Å². The number of hydrogen-bond acceptors (Lipinski definition) is 3.